The lowest BCUT2D eigenvalue weighted by Gasteiger charge is -2.46. The van der Waals surface area contributed by atoms with Crippen LogP contribution in [-0.2, 0) is 4.74 Å². The van der Waals surface area contributed by atoms with Gasteiger partial charge in [0.2, 0.25) is 0 Å². The molecule has 0 aromatic heterocycles. The largest absolute Gasteiger partial charge is 0.373 e. The van der Waals surface area contributed by atoms with Crippen molar-refractivity contribution >= 4 is 0 Å². The lowest BCUT2D eigenvalue weighted by atomic mass is 9.69. The van der Waals surface area contributed by atoms with Crippen LogP contribution in [0.25, 0.3) is 0 Å². The summed E-state index contributed by atoms with van der Waals surface area (Å²) < 4.78 is 7.40. The van der Waals surface area contributed by atoms with Gasteiger partial charge >= 0.3 is 0 Å². The van der Waals surface area contributed by atoms with Gasteiger partial charge in [-0.05, 0) is 75.0 Å². The van der Waals surface area contributed by atoms with Gasteiger partial charge in [-0.1, -0.05) is 118 Å². The molecule has 0 bridgehead atoms. The fourth-order valence-electron chi connectivity index (χ4n) is 5.60. The van der Waals surface area contributed by atoms with Crippen molar-refractivity contribution in [2.75, 3.05) is 0 Å². The Morgan fingerprint density at radius 1 is 0.515 bits per heavy atom. The van der Waals surface area contributed by atoms with Crippen LogP contribution in [0, 0.1) is 10.8 Å². The molecule has 0 amide bonds. The number of ether oxygens (including phenoxy) is 1. The van der Waals surface area contributed by atoms with Crippen molar-refractivity contribution in [2.45, 2.75) is 170 Å². The fraction of sp³-hybridized carbons (Fsp3) is 0.875. The fourth-order valence-corrected chi connectivity index (χ4v) is 5.60. The highest BCUT2D eigenvalue weighted by molar-refractivity contribution is 4.98. The van der Waals surface area contributed by atoms with Crippen LogP contribution >= 0.6 is 0 Å². The molecule has 1 nitrogen and oxygen atoms in total. The Labute approximate surface area is 210 Å². The van der Waals surface area contributed by atoms with Gasteiger partial charge in [0, 0.05) is 0 Å². The van der Waals surface area contributed by atoms with E-state index < -0.39 is 0 Å². The van der Waals surface area contributed by atoms with Crippen molar-refractivity contribution in [3.8, 4) is 0 Å². The van der Waals surface area contributed by atoms with Gasteiger partial charge in [-0.2, -0.15) is 0 Å². The quantitative estimate of drug-likeness (QED) is 0.145. The normalized spacial score (nSPS) is 15.0. The molecule has 0 radical (unpaired) electrons. The topological polar surface area (TPSA) is 9.23 Å². The van der Waals surface area contributed by atoms with E-state index in [0.717, 1.165) is 12.8 Å². The third-order valence-corrected chi connectivity index (χ3v) is 8.51. The van der Waals surface area contributed by atoms with Gasteiger partial charge in [0.15, 0.2) is 0 Å². The molecule has 0 aromatic carbocycles. The number of hydrogen-bond donors (Lipinski definition) is 0. The second-order valence-corrected chi connectivity index (χ2v) is 10.5. The van der Waals surface area contributed by atoms with Crippen molar-refractivity contribution in [3.05, 3.63) is 24.3 Å². The van der Waals surface area contributed by atoms with Crippen molar-refractivity contribution < 1.29 is 4.74 Å². The molecule has 2 atom stereocenters. The molecule has 196 valence electrons. The van der Waals surface area contributed by atoms with Crippen LogP contribution in [0.2, 0.25) is 0 Å². The maximum atomic E-state index is 7.40. The molecule has 0 rings (SSSR count). The summed E-state index contributed by atoms with van der Waals surface area (Å²) in [5, 5.41) is 0. The van der Waals surface area contributed by atoms with Crippen LogP contribution < -0.4 is 0 Å². The summed E-state index contributed by atoms with van der Waals surface area (Å²) in [5.74, 6) is 0. The van der Waals surface area contributed by atoms with E-state index in [1.807, 2.05) is 0 Å². The molecule has 0 heterocycles. The lowest BCUT2D eigenvalue weighted by Crippen LogP contribution is -2.44. The Kier molecular flexibility index (Phi) is 19.4. The first kappa shape index (κ1) is 32.4. The lowest BCUT2D eigenvalue weighted by molar-refractivity contribution is -0.138. The molecule has 0 aromatic rings. The zero-order chi connectivity index (χ0) is 25.0. The van der Waals surface area contributed by atoms with E-state index >= 15 is 0 Å². The predicted octanol–water partition coefficient (Wildman–Crippen LogP) is 11.2. The van der Waals surface area contributed by atoms with Crippen LogP contribution in [-0.4, -0.2) is 12.2 Å². The molecule has 0 aliphatic heterocycles. The minimum atomic E-state index is 0.288. The third kappa shape index (κ3) is 11.1. The number of rotatable bonds is 22. The first-order valence-electron chi connectivity index (χ1n) is 14.9. The molecule has 0 aliphatic rings. The summed E-state index contributed by atoms with van der Waals surface area (Å²) in [6, 6.07) is 0. The van der Waals surface area contributed by atoms with Crippen molar-refractivity contribution in [1.82, 2.24) is 0 Å². The first-order chi connectivity index (χ1) is 16.0. The van der Waals surface area contributed by atoms with Crippen molar-refractivity contribution in [1.29, 1.82) is 0 Å². The van der Waals surface area contributed by atoms with Gasteiger partial charge in [0.1, 0.15) is 0 Å². The molecular weight excluding hydrogens is 400 g/mol. The molecule has 0 saturated heterocycles. The predicted molar refractivity (Wildman–Crippen MR) is 151 cm³/mol. The zero-order valence-electron chi connectivity index (χ0n) is 24.2. The van der Waals surface area contributed by atoms with E-state index in [2.05, 4.69) is 79.7 Å². The Hall–Kier alpha value is -0.560. The Balaban J connectivity index is 6.16. The zero-order valence-corrected chi connectivity index (χ0v) is 24.2. The Bertz CT molecular complexity index is 437. The second-order valence-electron chi connectivity index (χ2n) is 10.5. The van der Waals surface area contributed by atoms with Crippen LogP contribution in [0.5, 0.6) is 0 Å². The summed E-state index contributed by atoms with van der Waals surface area (Å²) in [7, 11) is 0. The highest BCUT2D eigenvalue weighted by Crippen LogP contribution is 2.45. The minimum Gasteiger partial charge on any atom is -0.373 e. The molecule has 0 fully saturated rings. The SMILES string of the molecule is CCCC=CCC(OC(CC=CCCC)C(CC)(CC)CCCC)C(CC)(CC)CCCC. The van der Waals surface area contributed by atoms with Gasteiger partial charge in [0.25, 0.3) is 0 Å². The standard InChI is InChI=1S/C32H62O/c1-9-17-21-23-25-29(31(13-5,14-6)27-19-11-3)33-30(26-24-22-18-10-2)32(15-7,16-8)28-20-12-4/h21-24,29-30H,9-20,25-28H2,1-8H3. The molecule has 33 heavy (non-hydrogen) atoms. The van der Waals surface area contributed by atoms with Crippen LogP contribution in [0.1, 0.15) is 158 Å². The molecular formula is C32H62O. The van der Waals surface area contributed by atoms with Crippen LogP contribution in [0.3, 0.4) is 0 Å². The van der Waals surface area contributed by atoms with Gasteiger partial charge in [0.05, 0.1) is 12.2 Å². The highest BCUT2D eigenvalue weighted by Gasteiger charge is 2.41. The summed E-state index contributed by atoms with van der Waals surface area (Å²) in [6.07, 6.45) is 29.9. The van der Waals surface area contributed by atoms with E-state index in [4.69, 9.17) is 4.74 Å². The van der Waals surface area contributed by atoms with Gasteiger partial charge < -0.3 is 4.74 Å². The van der Waals surface area contributed by atoms with Crippen molar-refractivity contribution in [3.63, 3.8) is 0 Å². The summed E-state index contributed by atoms with van der Waals surface area (Å²) >= 11 is 0. The number of allylic oxidation sites excluding steroid dienone is 2. The van der Waals surface area contributed by atoms with E-state index in [-0.39, 0.29) is 10.8 Å². The third-order valence-electron chi connectivity index (χ3n) is 8.51. The van der Waals surface area contributed by atoms with E-state index in [1.54, 1.807) is 0 Å². The van der Waals surface area contributed by atoms with E-state index in [1.165, 1.54) is 89.9 Å². The Morgan fingerprint density at radius 3 is 1.15 bits per heavy atom. The van der Waals surface area contributed by atoms with Crippen LogP contribution in [0.15, 0.2) is 24.3 Å². The number of hydrogen-bond acceptors (Lipinski definition) is 1. The van der Waals surface area contributed by atoms with Crippen molar-refractivity contribution in [2.24, 2.45) is 10.8 Å². The Morgan fingerprint density at radius 2 is 0.879 bits per heavy atom. The average Bonchev–Trinajstić information content (AvgIpc) is 2.85. The summed E-state index contributed by atoms with van der Waals surface area (Å²) in [6.45, 7) is 18.8. The summed E-state index contributed by atoms with van der Waals surface area (Å²) in [5.41, 5.74) is 0.575. The van der Waals surface area contributed by atoms with Gasteiger partial charge in [-0.25, -0.2) is 0 Å². The van der Waals surface area contributed by atoms with E-state index in [0.29, 0.717) is 12.2 Å². The van der Waals surface area contributed by atoms with E-state index in [9.17, 15) is 0 Å². The van der Waals surface area contributed by atoms with Crippen LogP contribution in [0.4, 0.5) is 0 Å². The maximum Gasteiger partial charge on any atom is 0.0669 e. The van der Waals surface area contributed by atoms with Gasteiger partial charge in [-0.3, -0.25) is 0 Å². The number of unbranched alkanes of at least 4 members (excludes halogenated alkanes) is 4. The average molecular weight is 463 g/mol. The smallest absolute Gasteiger partial charge is 0.0669 e. The second kappa shape index (κ2) is 19.7. The minimum absolute atomic E-state index is 0.288. The first-order valence-corrected chi connectivity index (χ1v) is 14.9. The van der Waals surface area contributed by atoms with Gasteiger partial charge in [-0.15, -0.1) is 0 Å². The molecule has 1 heteroatoms. The highest BCUT2D eigenvalue weighted by atomic mass is 16.5. The molecule has 0 N–H and O–H groups in total. The molecule has 0 spiro atoms. The maximum absolute atomic E-state index is 7.40. The molecule has 2 unspecified atom stereocenters. The monoisotopic (exact) mass is 462 g/mol. The molecule has 0 aliphatic carbocycles. The molecule has 0 saturated carbocycles. The summed E-state index contributed by atoms with van der Waals surface area (Å²) in [4.78, 5) is 0.